The van der Waals surface area contributed by atoms with Crippen molar-refractivity contribution in [3.05, 3.63) is 0 Å². The summed E-state index contributed by atoms with van der Waals surface area (Å²) < 4.78 is 0. The molecule has 3 nitrogen and oxygen atoms in total. The highest BCUT2D eigenvalue weighted by atomic mass is 16.2. The first-order chi connectivity index (χ1) is 6.87. The SMILES string of the molecule is CC(C)(C)CC(=O)NC1CCCC(=O)C1. The maximum absolute atomic E-state index is 11.6. The Kier molecular flexibility index (Phi) is 3.89. The van der Waals surface area contributed by atoms with Crippen LogP contribution in [0, 0.1) is 5.41 Å². The quantitative estimate of drug-likeness (QED) is 0.760. The van der Waals surface area contributed by atoms with E-state index in [9.17, 15) is 9.59 Å². The fourth-order valence-electron chi connectivity index (χ4n) is 1.91. The van der Waals surface area contributed by atoms with E-state index in [0.29, 0.717) is 19.3 Å². The van der Waals surface area contributed by atoms with Crippen LogP contribution in [0.15, 0.2) is 0 Å². The van der Waals surface area contributed by atoms with Crippen molar-refractivity contribution in [2.45, 2.75) is 58.9 Å². The maximum Gasteiger partial charge on any atom is 0.220 e. The van der Waals surface area contributed by atoms with Gasteiger partial charge in [-0.1, -0.05) is 20.8 Å². The molecule has 15 heavy (non-hydrogen) atoms. The molecule has 0 bridgehead atoms. The van der Waals surface area contributed by atoms with Crippen LogP contribution in [0.4, 0.5) is 0 Å². The normalized spacial score (nSPS) is 22.6. The Bertz CT molecular complexity index is 253. The number of hydrogen-bond donors (Lipinski definition) is 1. The van der Waals surface area contributed by atoms with Crippen molar-refractivity contribution in [3.63, 3.8) is 0 Å². The summed E-state index contributed by atoms with van der Waals surface area (Å²) in [5.41, 5.74) is 0.0166. The third-order valence-corrected chi connectivity index (χ3v) is 2.54. The maximum atomic E-state index is 11.6. The number of rotatable bonds is 2. The molecule has 3 heteroatoms. The summed E-state index contributed by atoms with van der Waals surface area (Å²) in [6.07, 6.45) is 3.60. The van der Waals surface area contributed by atoms with E-state index in [1.807, 2.05) is 20.8 Å². The number of carbonyl (C=O) groups is 2. The second-order valence-corrected chi connectivity index (χ2v) is 5.64. The molecule has 1 unspecified atom stereocenters. The first-order valence-electron chi connectivity index (χ1n) is 5.68. The summed E-state index contributed by atoms with van der Waals surface area (Å²) in [6.45, 7) is 6.12. The zero-order valence-electron chi connectivity index (χ0n) is 9.93. The van der Waals surface area contributed by atoms with Gasteiger partial charge in [0.1, 0.15) is 5.78 Å². The number of ketones is 1. The summed E-state index contributed by atoms with van der Waals surface area (Å²) in [5, 5.41) is 2.95. The van der Waals surface area contributed by atoms with Gasteiger partial charge in [-0.2, -0.15) is 0 Å². The van der Waals surface area contributed by atoms with Gasteiger partial charge in [-0.3, -0.25) is 9.59 Å². The highest BCUT2D eigenvalue weighted by Crippen LogP contribution is 2.19. The smallest absolute Gasteiger partial charge is 0.220 e. The van der Waals surface area contributed by atoms with Crippen molar-refractivity contribution < 1.29 is 9.59 Å². The fraction of sp³-hybridized carbons (Fsp3) is 0.833. The van der Waals surface area contributed by atoms with Crippen molar-refractivity contribution >= 4 is 11.7 Å². The number of nitrogens with one attached hydrogen (secondary N) is 1. The van der Waals surface area contributed by atoms with Gasteiger partial charge in [0.25, 0.3) is 0 Å². The Labute approximate surface area is 91.6 Å². The van der Waals surface area contributed by atoms with E-state index in [1.54, 1.807) is 0 Å². The second-order valence-electron chi connectivity index (χ2n) is 5.64. The first-order valence-corrected chi connectivity index (χ1v) is 5.68. The topological polar surface area (TPSA) is 46.2 Å². The molecule has 0 aromatic rings. The van der Waals surface area contributed by atoms with Crippen LogP contribution in [0.3, 0.4) is 0 Å². The Morgan fingerprint density at radius 2 is 2.13 bits per heavy atom. The predicted octanol–water partition coefficient (Wildman–Crippen LogP) is 2.05. The van der Waals surface area contributed by atoms with Crippen molar-refractivity contribution in [2.24, 2.45) is 5.41 Å². The molecule has 1 aliphatic carbocycles. The van der Waals surface area contributed by atoms with Crippen LogP contribution in [0.25, 0.3) is 0 Å². The average Bonchev–Trinajstić information content (AvgIpc) is 1.99. The zero-order valence-corrected chi connectivity index (χ0v) is 9.93. The van der Waals surface area contributed by atoms with E-state index in [1.165, 1.54) is 0 Å². The number of carbonyl (C=O) groups excluding carboxylic acids is 2. The van der Waals surface area contributed by atoms with Crippen molar-refractivity contribution in [3.8, 4) is 0 Å². The van der Waals surface area contributed by atoms with Crippen LogP contribution in [0.1, 0.15) is 52.9 Å². The molecule has 0 radical (unpaired) electrons. The summed E-state index contributed by atoms with van der Waals surface area (Å²) in [7, 11) is 0. The van der Waals surface area contributed by atoms with E-state index in [4.69, 9.17) is 0 Å². The van der Waals surface area contributed by atoms with Gasteiger partial charge in [0.05, 0.1) is 0 Å². The number of amides is 1. The molecule has 1 rings (SSSR count). The number of hydrogen-bond acceptors (Lipinski definition) is 2. The summed E-state index contributed by atoms with van der Waals surface area (Å²) in [6, 6.07) is 0.0844. The lowest BCUT2D eigenvalue weighted by atomic mass is 9.90. The van der Waals surface area contributed by atoms with Crippen molar-refractivity contribution in [1.82, 2.24) is 5.32 Å². The molecule has 1 amide bonds. The summed E-state index contributed by atoms with van der Waals surface area (Å²) >= 11 is 0. The highest BCUT2D eigenvalue weighted by Gasteiger charge is 2.23. The van der Waals surface area contributed by atoms with E-state index in [0.717, 1.165) is 12.8 Å². The van der Waals surface area contributed by atoms with Crippen LogP contribution in [0.5, 0.6) is 0 Å². The molecule has 1 N–H and O–H groups in total. The monoisotopic (exact) mass is 211 g/mol. The predicted molar refractivity (Wildman–Crippen MR) is 59.5 cm³/mol. The molecule has 86 valence electrons. The van der Waals surface area contributed by atoms with Gasteiger partial charge in [0.2, 0.25) is 5.91 Å². The van der Waals surface area contributed by atoms with E-state index in [2.05, 4.69) is 5.32 Å². The molecule has 1 saturated carbocycles. The summed E-state index contributed by atoms with van der Waals surface area (Å²) in [5.74, 6) is 0.351. The lowest BCUT2D eigenvalue weighted by molar-refractivity contribution is -0.125. The van der Waals surface area contributed by atoms with Crippen molar-refractivity contribution in [1.29, 1.82) is 0 Å². The van der Waals surface area contributed by atoms with Gasteiger partial charge in [-0.15, -0.1) is 0 Å². The number of Topliss-reactive ketones (excluding diaryl/α,β-unsaturated/α-hetero) is 1. The molecule has 0 aromatic heterocycles. The van der Waals surface area contributed by atoms with E-state index in [-0.39, 0.29) is 23.1 Å². The standard InChI is InChI=1S/C12H21NO2/c1-12(2,3)8-11(15)13-9-5-4-6-10(14)7-9/h9H,4-8H2,1-3H3,(H,13,15). The third-order valence-electron chi connectivity index (χ3n) is 2.54. The lowest BCUT2D eigenvalue weighted by Crippen LogP contribution is -2.39. The zero-order chi connectivity index (χ0) is 11.5. The largest absolute Gasteiger partial charge is 0.353 e. The Morgan fingerprint density at radius 1 is 1.47 bits per heavy atom. The molecular weight excluding hydrogens is 190 g/mol. The molecule has 0 saturated heterocycles. The average molecular weight is 211 g/mol. The fourth-order valence-corrected chi connectivity index (χ4v) is 1.91. The molecule has 1 atom stereocenters. The van der Waals surface area contributed by atoms with Crippen LogP contribution in [0.2, 0.25) is 0 Å². The van der Waals surface area contributed by atoms with Crippen LogP contribution in [-0.4, -0.2) is 17.7 Å². The molecular formula is C12H21NO2. The Morgan fingerprint density at radius 3 is 2.67 bits per heavy atom. The molecule has 0 aromatic carbocycles. The molecule has 0 spiro atoms. The minimum atomic E-state index is 0.0166. The van der Waals surface area contributed by atoms with Gasteiger partial charge >= 0.3 is 0 Å². The van der Waals surface area contributed by atoms with Gasteiger partial charge in [-0.05, 0) is 18.3 Å². The third kappa shape index (κ3) is 4.96. The molecule has 0 aliphatic heterocycles. The Balaban J connectivity index is 2.34. The minimum absolute atomic E-state index is 0.0166. The Hall–Kier alpha value is -0.860. The van der Waals surface area contributed by atoms with Crippen LogP contribution < -0.4 is 5.32 Å². The van der Waals surface area contributed by atoms with Crippen LogP contribution >= 0.6 is 0 Å². The van der Waals surface area contributed by atoms with Gasteiger partial charge < -0.3 is 5.32 Å². The molecule has 0 heterocycles. The van der Waals surface area contributed by atoms with Crippen molar-refractivity contribution in [2.75, 3.05) is 0 Å². The highest BCUT2D eigenvalue weighted by molar-refractivity contribution is 5.82. The van der Waals surface area contributed by atoms with E-state index < -0.39 is 0 Å². The van der Waals surface area contributed by atoms with E-state index >= 15 is 0 Å². The molecule has 1 aliphatic rings. The minimum Gasteiger partial charge on any atom is -0.353 e. The van der Waals surface area contributed by atoms with Gasteiger partial charge in [0, 0.05) is 25.3 Å². The lowest BCUT2D eigenvalue weighted by Gasteiger charge is -2.24. The molecule has 1 fully saturated rings. The van der Waals surface area contributed by atoms with Crippen LogP contribution in [-0.2, 0) is 9.59 Å². The van der Waals surface area contributed by atoms with Gasteiger partial charge in [0.15, 0.2) is 0 Å². The first kappa shape index (κ1) is 12.2. The summed E-state index contributed by atoms with van der Waals surface area (Å²) in [4.78, 5) is 22.8. The van der Waals surface area contributed by atoms with Gasteiger partial charge in [-0.25, -0.2) is 0 Å². The second kappa shape index (κ2) is 4.77.